The van der Waals surface area contributed by atoms with E-state index in [4.69, 9.17) is 10.2 Å². The molecule has 0 spiro atoms. The standard InChI is InChI=1S/C14H17NO3S/c16-7-1-2-12-5-9-19-13(12)14(18)15-6-3-11(10-15)4-8-17/h5,9,11,16-17H,3-4,6-8,10H2. The first-order valence-electron chi connectivity index (χ1n) is 6.33. The zero-order chi connectivity index (χ0) is 13.7. The summed E-state index contributed by atoms with van der Waals surface area (Å²) in [6.45, 7) is 1.43. The summed E-state index contributed by atoms with van der Waals surface area (Å²) in [5, 5.41) is 19.5. The Balaban J connectivity index is 2.06. The number of amides is 1. The van der Waals surface area contributed by atoms with E-state index in [2.05, 4.69) is 11.8 Å². The van der Waals surface area contributed by atoms with Gasteiger partial charge in [-0.3, -0.25) is 4.79 Å². The van der Waals surface area contributed by atoms with Crippen LogP contribution in [-0.4, -0.2) is 47.3 Å². The molecule has 1 amide bonds. The van der Waals surface area contributed by atoms with E-state index in [0.29, 0.717) is 22.9 Å². The lowest BCUT2D eigenvalue weighted by molar-refractivity contribution is 0.0789. The van der Waals surface area contributed by atoms with Gasteiger partial charge >= 0.3 is 0 Å². The largest absolute Gasteiger partial charge is 0.396 e. The van der Waals surface area contributed by atoms with Crippen molar-refractivity contribution in [3.8, 4) is 11.8 Å². The van der Waals surface area contributed by atoms with E-state index in [-0.39, 0.29) is 19.1 Å². The zero-order valence-electron chi connectivity index (χ0n) is 10.6. The van der Waals surface area contributed by atoms with Gasteiger partial charge in [0.15, 0.2) is 0 Å². The van der Waals surface area contributed by atoms with E-state index in [1.54, 1.807) is 0 Å². The Morgan fingerprint density at radius 3 is 3.11 bits per heavy atom. The average molecular weight is 279 g/mol. The van der Waals surface area contributed by atoms with Crippen molar-refractivity contribution < 1.29 is 15.0 Å². The van der Waals surface area contributed by atoms with Gasteiger partial charge in [-0.15, -0.1) is 11.3 Å². The maximum Gasteiger partial charge on any atom is 0.265 e. The Morgan fingerprint density at radius 1 is 1.53 bits per heavy atom. The number of hydrogen-bond donors (Lipinski definition) is 2. The van der Waals surface area contributed by atoms with Gasteiger partial charge in [-0.1, -0.05) is 11.8 Å². The number of aliphatic hydroxyl groups excluding tert-OH is 2. The first kappa shape index (κ1) is 14.1. The molecule has 102 valence electrons. The van der Waals surface area contributed by atoms with Crippen LogP contribution >= 0.6 is 11.3 Å². The maximum absolute atomic E-state index is 12.4. The molecule has 2 heterocycles. The van der Waals surface area contributed by atoms with Crippen molar-refractivity contribution in [1.29, 1.82) is 0 Å². The van der Waals surface area contributed by atoms with Crippen LogP contribution in [0.1, 0.15) is 28.1 Å². The summed E-state index contributed by atoms with van der Waals surface area (Å²) >= 11 is 1.38. The average Bonchev–Trinajstić information content (AvgIpc) is 3.04. The first-order valence-corrected chi connectivity index (χ1v) is 7.21. The summed E-state index contributed by atoms with van der Waals surface area (Å²) < 4.78 is 0. The first-order chi connectivity index (χ1) is 9.26. The van der Waals surface area contributed by atoms with Gasteiger partial charge in [0.1, 0.15) is 11.5 Å². The number of nitrogens with zero attached hydrogens (tertiary/aromatic N) is 1. The fraction of sp³-hybridized carbons (Fsp3) is 0.500. The zero-order valence-corrected chi connectivity index (χ0v) is 11.4. The second-order valence-corrected chi connectivity index (χ2v) is 5.46. The molecule has 0 saturated carbocycles. The molecule has 4 nitrogen and oxygen atoms in total. The van der Waals surface area contributed by atoms with Crippen molar-refractivity contribution in [2.24, 2.45) is 5.92 Å². The summed E-state index contributed by atoms with van der Waals surface area (Å²) in [6, 6.07) is 1.81. The minimum absolute atomic E-state index is 0.0117. The van der Waals surface area contributed by atoms with Gasteiger partial charge in [0.2, 0.25) is 0 Å². The summed E-state index contributed by atoms with van der Waals surface area (Å²) in [5.74, 6) is 5.80. The quantitative estimate of drug-likeness (QED) is 0.809. The molecule has 0 radical (unpaired) electrons. The Hall–Kier alpha value is -1.35. The third-order valence-electron chi connectivity index (χ3n) is 3.27. The highest BCUT2D eigenvalue weighted by atomic mass is 32.1. The molecule has 1 aromatic heterocycles. The molecule has 19 heavy (non-hydrogen) atoms. The van der Waals surface area contributed by atoms with E-state index in [1.165, 1.54) is 11.3 Å². The lowest BCUT2D eigenvalue weighted by Gasteiger charge is -2.15. The van der Waals surface area contributed by atoms with Crippen molar-refractivity contribution in [2.45, 2.75) is 12.8 Å². The van der Waals surface area contributed by atoms with Crippen LogP contribution in [0.4, 0.5) is 0 Å². The number of rotatable bonds is 3. The van der Waals surface area contributed by atoms with Gasteiger partial charge in [0.05, 0.1) is 0 Å². The molecular weight excluding hydrogens is 262 g/mol. The monoisotopic (exact) mass is 279 g/mol. The molecule has 1 atom stereocenters. The van der Waals surface area contributed by atoms with Crippen molar-refractivity contribution >= 4 is 17.2 Å². The van der Waals surface area contributed by atoms with Gasteiger partial charge in [0.25, 0.3) is 5.91 Å². The topological polar surface area (TPSA) is 60.8 Å². The van der Waals surface area contributed by atoms with E-state index in [0.717, 1.165) is 19.4 Å². The summed E-state index contributed by atoms with van der Waals surface area (Å²) in [5.41, 5.74) is 0.689. The fourth-order valence-corrected chi connectivity index (χ4v) is 3.10. The van der Waals surface area contributed by atoms with E-state index in [1.807, 2.05) is 16.3 Å². The van der Waals surface area contributed by atoms with Crippen LogP contribution in [0.5, 0.6) is 0 Å². The van der Waals surface area contributed by atoms with Crippen molar-refractivity contribution in [2.75, 3.05) is 26.3 Å². The van der Waals surface area contributed by atoms with Gasteiger partial charge in [-0.2, -0.15) is 0 Å². The number of aliphatic hydroxyl groups is 2. The molecule has 0 bridgehead atoms. The Kier molecular flexibility index (Phi) is 4.97. The van der Waals surface area contributed by atoms with E-state index >= 15 is 0 Å². The van der Waals surface area contributed by atoms with Gasteiger partial charge in [-0.05, 0) is 30.2 Å². The van der Waals surface area contributed by atoms with Gasteiger partial charge < -0.3 is 15.1 Å². The van der Waals surface area contributed by atoms with E-state index in [9.17, 15) is 4.79 Å². The van der Waals surface area contributed by atoms with Crippen LogP contribution in [0, 0.1) is 17.8 Å². The second-order valence-electron chi connectivity index (χ2n) is 4.54. The number of likely N-dealkylation sites (tertiary alicyclic amines) is 1. The van der Waals surface area contributed by atoms with Crippen LogP contribution in [0.3, 0.4) is 0 Å². The third kappa shape index (κ3) is 3.35. The van der Waals surface area contributed by atoms with Crippen molar-refractivity contribution in [3.05, 3.63) is 21.9 Å². The summed E-state index contributed by atoms with van der Waals surface area (Å²) in [4.78, 5) is 14.9. The number of thiophene rings is 1. The highest BCUT2D eigenvalue weighted by Gasteiger charge is 2.28. The van der Waals surface area contributed by atoms with E-state index < -0.39 is 0 Å². The summed E-state index contributed by atoms with van der Waals surface area (Å²) in [7, 11) is 0. The molecule has 2 rings (SSSR count). The molecule has 5 heteroatoms. The molecule has 1 fully saturated rings. The molecule has 1 unspecified atom stereocenters. The Bertz CT molecular complexity index is 500. The molecule has 0 aliphatic carbocycles. The second kappa shape index (κ2) is 6.71. The Labute approximate surface area is 116 Å². The number of hydrogen-bond acceptors (Lipinski definition) is 4. The van der Waals surface area contributed by atoms with Gasteiger partial charge in [-0.25, -0.2) is 0 Å². The fourth-order valence-electron chi connectivity index (χ4n) is 2.29. The molecular formula is C14H17NO3S. The van der Waals surface area contributed by atoms with Crippen molar-refractivity contribution in [1.82, 2.24) is 4.90 Å². The van der Waals surface area contributed by atoms with Crippen LogP contribution in [-0.2, 0) is 0 Å². The molecule has 1 aliphatic heterocycles. The Morgan fingerprint density at radius 2 is 2.37 bits per heavy atom. The summed E-state index contributed by atoms with van der Waals surface area (Å²) in [6.07, 6.45) is 1.71. The molecule has 1 aliphatic rings. The predicted molar refractivity (Wildman–Crippen MR) is 74.0 cm³/mol. The number of carbonyl (C=O) groups excluding carboxylic acids is 1. The predicted octanol–water partition coefficient (Wildman–Crippen LogP) is 0.936. The molecule has 1 saturated heterocycles. The molecule has 1 aromatic rings. The minimum atomic E-state index is -0.203. The third-order valence-corrected chi connectivity index (χ3v) is 4.17. The smallest absolute Gasteiger partial charge is 0.265 e. The van der Waals surface area contributed by atoms with Crippen molar-refractivity contribution in [3.63, 3.8) is 0 Å². The van der Waals surface area contributed by atoms with Crippen LogP contribution < -0.4 is 0 Å². The lowest BCUT2D eigenvalue weighted by atomic mass is 10.1. The highest BCUT2D eigenvalue weighted by molar-refractivity contribution is 7.12. The van der Waals surface area contributed by atoms with Crippen LogP contribution in [0.25, 0.3) is 0 Å². The SMILES string of the molecule is O=C(c1sccc1C#CCO)N1CCC(CCO)C1. The molecule has 2 N–H and O–H groups in total. The van der Waals surface area contributed by atoms with Crippen LogP contribution in [0.15, 0.2) is 11.4 Å². The highest BCUT2D eigenvalue weighted by Crippen LogP contribution is 2.24. The maximum atomic E-state index is 12.4. The lowest BCUT2D eigenvalue weighted by Crippen LogP contribution is -2.28. The molecule has 0 aromatic carbocycles. The normalized spacial score (nSPS) is 18.2. The number of carbonyl (C=O) groups is 1. The minimum Gasteiger partial charge on any atom is -0.396 e. The van der Waals surface area contributed by atoms with Crippen LogP contribution in [0.2, 0.25) is 0 Å². The van der Waals surface area contributed by atoms with Gasteiger partial charge in [0, 0.05) is 25.3 Å².